The Morgan fingerprint density at radius 2 is 2.11 bits per heavy atom. The monoisotopic (exact) mass is 264 g/mol. The zero-order valence-corrected chi connectivity index (χ0v) is 11.8. The van der Waals surface area contributed by atoms with Crippen molar-refractivity contribution in [2.75, 3.05) is 32.5 Å². The summed E-state index contributed by atoms with van der Waals surface area (Å²) in [6.07, 6.45) is 2.01. The molecule has 0 unspecified atom stereocenters. The predicted octanol–water partition coefficient (Wildman–Crippen LogP) is 1.84. The number of anilines is 1. The first-order valence-corrected chi connectivity index (χ1v) is 6.94. The van der Waals surface area contributed by atoms with Gasteiger partial charge in [-0.25, -0.2) is 0 Å². The Bertz CT molecular complexity index is 413. The quantitative estimate of drug-likeness (QED) is 0.815. The number of nitrogens with two attached hydrogens (primary N) is 1. The molecule has 1 aromatic carbocycles. The second-order valence-corrected chi connectivity index (χ2v) is 5.43. The molecular weight excluding hydrogens is 240 g/mol. The fourth-order valence-electron chi connectivity index (χ4n) is 2.80. The largest absolute Gasteiger partial charge is 0.495 e. The topological polar surface area (TPSA) is 58.7 Å². The molecule has 0 aliphatic carbocycles. The number of aliphatic hydroxyl groups excluding tert-OH is 1. The second-order valence-electron chi connectivity index (χ2n) is 5.43. The Balaban J connectivity index is 1.97. The van der Waals surface area contributed by atoms with E-state index in [0.717, 1.165) is 38.2 Å². The highest BCUT2D eigenvalue weighted by Gasteiger charge is 2.21. The number of hydrogen-bond donors (Lipinski definition) is 2. The van der Waals surface area contributed by atoms with Crippen LogP contribution < -0.4 is 10.5 Å². The third-order valence-corrected chi connectivity index (χ3v) is 3.84. The van der Waals surface area contributed by atoms with E-state index in [4.69, 9.17) is 10.5 Å². The maximum Gasteiger partial charge on any atom is 0.142 e. The van der Waals surface area contributed by atoms with E-state index >= 15 is 0 Å². The van der Waals surface area contributed by atoms with E-state index in [-0.39, 0.29) is 6.10 Å². The number of benzene rings is 1. The van der Waals surface area contributed by atoms with E-state index in [2.05, 4.69) is 17.0 Å². The zero-order valence-electron chi connectivity index (χ0n) is 11.8. The number of ether oxygens (including phenoxy) is 1. The van der Waals surface area contributed by atoms with Gasteiger partial charge in [-0.2, -0.15) is 0 Å². The lowest BCUT2D eigenvalue weighted by atomic mass is 9.89. The number of methoxy groups -OCH3 is 1. The lowest BCUT2D eigenvalue weighted by Gasteiger charge is -2.33. The maximum atomic E-state index is 9.41. The molecular formula is C15H24N2O2. The van der Waals surface area contributed by atoms with Gasteiger partial charge in [0.1, 0.15) is 5.75 Å². The molecule has 0 amide bonds. The van der Waals surface area contributed by atoms with Crippen molar-refractivity contribution in [3.8, 4) is 5.75 Å². The summed E-state index contributed by atoms with van der Waals surface area (Å²) in [4.78, 5) is 2.33. The fraction of sp³-hybridized carbons (Fsp3) is 0.600. The lowest BCUT2D eigenvalue weighted by molar-refractivity contribution is 0.109. The molecule has 1 aliphatic heterocycles. The summed E-state index contributed by atoms with van der Waals surface area (Å²) in [7, 11) is 1.65. The van der Waals surface area contributed by atoms with Crippen LogP contribution in [-0.2, 0) is 0 Å². The van der Waals surface area contributed by atoms with Crippen molar-refractivity contribution >= 4 is 5.69 Å². The zero-order chi connectivity index (χ0) is 13.8. The van der Waals surface area contributed by atoms with Gasteiger partial charge in [-0.1, -0.05) is 6.07 Å². The average molecular weight is 264 g/mol. The number of rotatable bonds is 4. The van der Waals surface area contributed by atoms with E-state index in [9.17, 15) is 5.11 Å². The standard InChI is InChI=1S/C15H24N2O2/c1-11(18)10-17-7-5-12(6-8-17)13-3-4-14(16)15(9-13)19-2/h3-4,9,11-12,18H,5-8,10,16H2,1-2H3/t11-/m1/s1. The average Bonchev–Trinajstić information content (AvgIpc) is 2.40. The molecule has 4 nitrogen and oxygen atoms in total. The smallest absolute Gasteiger partial charge is 0.142 e. The van der Waals surface area contributed by atoms with Crippen LogP contribution in [0.2, 0.25) is 0 Å². The van der Waals surface area contributed by atoms with Crippen molar-refractivity contribution in [3.63, 3.8) is 0 Å². The van der Waals surface area contributed by atoms with Crippen LogP contribution in [-0.4, -0.2) is 42.9 Å². The summed E-state index contributed by atoms with van der Waals surface area (Å²) >= 11 is 0. The molecule has 1 heterocycles. The van der Waals surface area contributed by atoms with E-state index in [0.29, 0.717) is 11.6 Å². The van der Waals surface area contributed by atoms with Crippen molar-refractivity contribution in [3.05, 3.63) is 23.8 Å². The summed E-state index contributed by atoms with van der Waals surface area (Å²) in [6.45, 7) is 4.71. The van der Waals surface area contributed by atoms with Gasteiger partial charge in [0.05, 0.1) is 18.9 Å². The number of piperidine rings is 1. The first kappa shape index (κ1) is 14.2. The van der Waals surface area contributed by atoms with Gasteiger partial charge in [0.15, 0.2) is 0 Å². The Hall–Kier alpha value is -1.26. The minimum atomic E-state index is -0.242. The fourth-order valence-corrected chi connectivity index (χ4v) is 2.80. The molecule has 1 saturated heterocycles. The van der Waals surface area contributed by atoms with Crippen LogP contribution in [0.5, 0.6) is 5.75 Å². The van der Waals surface area contributed by atoms with Crippen LogP contribution in [0, 0.1) is 0 Å². The first-order chi connectivity index (χ1) is 9.10. The Kier molecular flexibility index (Phi) is 4.66. The first-order valence-electron chi connectivity index (χ1n) is 6.94. The number of likely N-dealkylation sites (tertiary alicyclic amines) is 1. The molecule has 0 bridgehead atoms. The van der Waals surface area contributed by atoms with Crippen LogP contribution in [0.25, 0.3) is 0 Å². The number of nitrogens with zero attached hydrogens (tertiary/aromatic N) is 1. The summed E-state index contributed by atoms with van der Waals surface area (Å²) < 4.78 is 5.28. The van der Waals surface area contributed by atoms with Crippen molar-refractivity contribution in [1.29, 1.82) is 0 Å². The number of aliphatic hydroxyl groups is 1. The minimum Gasteiger partial charge on any atom is -0.495 e. The van der Waals surface area contributed by atoms with Gasteiger partial charge >= 0.3 is 0 Å². The van der Waals surface area contributed by atoms with Crippen LogP contribution in [0.1, 0.15) is 31.2 Å². The van der Waals surface area contributed by atoms with Crippen LogP contribution in [0.4, 0.5) is 5.69 Å². The Labute approximate surface area is 115 Å². The molecule has 0 saturated carbocycles. The van der Waals surface area contributed by atoms with Crippen molar-refractivity contribution in [1.82, 2.24) is 4.90 Å². The van der Waals surface area contributed by atoms with Gasteiger partial charge < -0.3 is 20.5 Å². The summed E-state index contributed by atoms with van der Waals surface area (Å²) in [5.74, 6) is 1.34. The molecule has 0 aromatic heterocycles. The number of hydrogen-bond acceptors (Lipinski definition) is 4. The van der Waals surface area contributed by atoms with Crippen molar-refractivity contribution in [2.24, 2.45) is 0 Å². The molecule has 1 fully saturated rings. The maximum absolute atomic E-state index is 9.41. The molecule has 1 atom stereocenters. The van der Waals surface area contributed by atoms with Gasteiger partial charge in [-0.3, -0.25) is 0 Å². The normalized spacial score (nSPS) is 19.3. The molecule has 2 rings (SSSR count). The van der Waals surface area contributed by atoms with Gasteiger partial charge in [0, 0.05) is 6.54 Å². The summed E-state index contributed by atoms with van der Waals surface area (Å²) in [6, 6.07) is 6.09. The molecule has 19 heavy (non-hydrogen) atoms. The summed E-state index contributed by atoms with van der Waals surface area (Å²) in [5.41, 5.74) is 7.85. The van der Waals surface area contributed by atoms with E-state index < -0.39 is 0 Å². The number of β-amino-alcohol motifs (C(OH)–C–C–N with tert-alkyl or cyclic N) is 1. The molecule has 0 spiro atoms. The van der Waals surface area contributed by atoms with Gasteiger partial charge in [-0.05, 0) is 56.5 Å². The van der Waals surface area contributed by atoms with Crippen LogP contribution in [0.3, 0.4) is 0 Å². The Morgan fingerprint density at radius 1 is 1.42 bits per heavy atom. The minimum absolute atomic E-state index is 0.242. The molecule has 3 N–H and O–H groups in total. The van der Waals surface area contributed by atoms with E-state index in [1.807, 2.05) is 13.0 Å². The highest BCUT2D eigenvalue weighted by molar-refractivity contribution is 5.54. The molecule has 106 valence electrons. The van der Waals surface area contributed by atoms with Crippen LogP contribution >= 0.6 is 0 Å². The molecule has 1 aromatic rings. The SMILES string of the molecule is COc1cc(C2CCN(C[C@@H](C)O)CC2)ccc1N. The van der Waals surface area contributed by atoms with Gasteiger partial charge in [0.25, 0.3) is 0 Å². The van der Waals surface area contributed by atoms with Crippen molar-refractivity contribution in [2.45, 2.75) is 31.8 Å². The van der Waals surface area contributed by atoms with Gasteiger partial charge in [-0.15, -0.1) is 0 Å². The second kappa shape index (κ2) is 6.26. The van der Waals surface area contributed by atoms with E-state index in [1.165, 1.54) is 5.56 Å². The molecule has 0 radical (unpaired) electrons. The Morgan fingerprint density at radius 3 is 2.68 bits per heavy atom. The third kappa shape index (κ3) is 3.61. The predicted molar refractivity (Wildman–Crippen MR) is 77.5 cm³/mol. The number of nitrogen functional groups attached to an aromatic ring is 1. The van der Waals surface area contributed by atoms with Gasteiger partial charge in [0.2, 0.25) is 0 Å². The highest BCUT2D eigenvalue weighted by Crippen LogP contribution is 2.32. The lowest BCUT2D eigenvalue weighted by Crippen LogP contribution is -2.37. The third-order valence-electron chi connectivity index (χ3n) is 3.84. The van der Waals surface area contributed by atoms with E-state index in [1.54, 1.807) is 7.11 Å². The van der Waals surface area contributed by atoms with Crippen molar-refractivity contribution < 1.29 is 9.84 Å². The molecule has 1 aliphatic rings. The summed E-state index contributed by atoms with van der Waals surface area (Å²) in [5, 5.41) is 9.41. The molecule has 4 heteroatoms. The highest BCUT2D eigenvalue weighted by atomic mass is 16.5. The van der Waals surface area contributed by atoms with Crippen LogP contribution in [0.15, 0.2) is 18.2 Å².